The Morgan fingerprint density at radius 2 is 1.44 bits per heavy atom. The lowest BCUT2D eigenvalue weighted by Gasteiger charge is -2.39. The summed E-state index contributed by atoms with van der Waals surface area (Å²) >= 11 is 0. The average Bonchev–Trinajstić information content (AvgIpc) is 2.22. The molecule has 1 radical (unpaired) electrons. The highest BCUT2D eigenvalue weighted by atomic mass is 19.3. The fourth-order valence-electron chi connectivity index (χ4n) is 1.33. The van der Waals surface area contributed by atoms with Gasteiger partial charge in [-0.1, -0.05) is 6.92 Å². The van der Waals surface area contributed by atoms with Crippen LogP contribution in [-0.2, 0) is 9.59 Å². The molecule has 1 aliphatic carbocycles. The van der Waals surface area contributed by atoms with Crippen molar-refractivity contribution in [2.75, 3.05) is 0 Å². The lowest BCUT2D eigenvalue weighted by molar-refractivity contribution is -0.263. The third kappa shape index (κ3) is 1.15. The van der Waals surface area contributed by atoms with Gasteiger partial charge in [0.2, 0.25) is 11.5 Å². The van der Waals surface area contributed by atoms with Crippen molar-refractivity contribution in [2.45, 2.75) is 30.9 Å². The van der Waals surface area contributed by atoms with Crippen molar-refractivity contribution < 1.29 is 35.9 Å². The molecular weight excluding hydrogens is 242 g/mol. The molecule has 1 atom stereocenters. The molecule has 1 saturated carbocycles. The molecule has 8 heteroatoms. The first-order valence-electron chi connectivity index (χ1n) is 4.10. The van der Waals surface area contributed by atoms with E-state index in [-0.39, 0.29) is 0 Å². The zero-order chi connectivity index (χ0) is 12.9. The largest absolute Gasteiger partial charge is 0.374 e. The summed E-state index contributed by atoms with van der Waals surface area (Å²) in [6.45, 7) is 0.672. The normalized spacial score (nSPS) is 34.2. The smallest absolute Gasteiger partial charge is 0.291 e. The quantitative estimate of drug-likeness (QED) is 0.664. The molecule has 1 aliphatic rings. The van der Waals surface area contributed by atoms with E-state index in [0.717, 1.165) is 0 Å². The molecule has 0 aromatic rings. The molecule has 16 heavy (non-hydrogen) atoms. The Kier molecular flexibility index (Phi) is 2.60. The number of hydrogen-bond acceptors (Lipinski definition) is 2. The number of alkyl halides is 5. The van der Waals surface area contributed by atoms with Gasteiger partial charge in [-0.2, -0.15) is 17.6 Å². The second-order valence-electron chi connectivity index (χ2n) is 3.28. The van der Waals surface area contributed by atoms with Gasteiger partial charge in [-0.3, -0.25) is 9.59 Å². The van der Waals surface area contributed by atoms with Crippen molar-refractivity contribution in [2.24, 2.45) is 0 Å². The van der Waals surface area contributed by atoms with Gasteiger partial charge in [-0.15, -0.1) is 0 Å². The maximum atomic E-state index is 13.4. The van der Waals surface area contributed by atoms with Crippen molar-refractivity contribution in [3.8, 4) is 0 Å². The van der Waals surface area contributed by atoms with Crippen LogP contribution in [0.25, 0.3) is 0 Å². The average molecular weight is 247 g/mol. The standard InChI is InChI=1S/C8H5F6O2/c1-2-6(10)4(15)3(9)5(16)7(11,12)8(6,13)14/h2H2,1H3. The first-order chi connectivity index (χ1) is 7.04. The highest BCUT2D eigenvalue weighted by Gasteiger charge is 2.81. The van der Waals surface area contributed by atoms with E-state index in [0.29, 0.717) is 6.92 Å². The summed E-state index contributed by atoms with van der Waals surface area (Å²) in [5, 5.41) is 0. The van der Waals surface area contributed by atoms with Crippen molar-refractivity contribution in [3.63, 3.8) is 0 Å². The Morgan fingerprint density at radius 1 is 1.00 bits per heavy atom. The van der Waals surface area contributed by atoms with E-state index < -0.39 is 41.7 Å². The third-order valence-electron chi connectivity index (χ3n) is 2.42. The molecule has 0 saturated heterocycles. The topological polar surface area (TPSA) is 34.1 Å². The van der Waals surface area contributed by atoms with Gasteiger partial charge in [-0.25, -0.2) is 8.78 Å². The van der Waals surface area contributed by atoms with Crippen LogP contribution in [0.1, 0.15) is 13.3 Å². The highest BCUT2D eigenvalue weighted by molar-refractivity contribution is 6.23. The number of halogens is 6. The number of ketones is 2. The Labute approximate surface area is 85.6 Å². The molecule has 0 N–H and O–H groups in total. The van der Waals surface area contributed by atoms with E-state index in [1.807, 2.05) is 0 Å². The zero-order valence-corrected chi connectivity index (χ0v) is 7.79. The molecule has 0 spiro atoms. The summed E-state index contributed by atoms with van der Waals surface area (Å²) in [6, 6.07) is 0. The van der Waals surface area contributed by atoms with Gasteiger partial charge in [0.05, 0.1) is 0 Å². The van der Waals surface area contributed by atoms with Crippen LogP contribution in [-0.4, -0.2) is 29.1 Å². The Bertz CT molecular complexity index is 352. The van der Waals surface area contributed by atoms with E-state index in [2.05, 4.69) is 0 Å². The molecule has 0 bridgehead atoms. The van der Waals surface area contributed by atoms with Crippen LogP contribution in [0.15, 0.2) is 0 Å². The van der Waals surface area contributed by atoms with Gasteiger partial charge in [0, 0.05) is 0 Å². The van der Waals surface area contributed by atoms with Crippen molar-refractivity contribution in [1.82, 2.24) is 0 Å². The maximum absolute atomic E-state index is 13.4. The number of carbonyl (C=O) groups is 2. The Morgan fingerprint density at radius 3 is 1.81 bits per heavy atom. The van der Waals surface area contributed by atoms with Gasteiger partial charge >= 0.3 is 11.8 Å². The van der Waals surface area contributed by atoms with Gasteiger partial charge in [-0.05, 0) is 6.42 Å². The zero-order valence-electron chi connectivity index (χ0n) is 7.79. The molecule has 0 aliphatic heterocycles. The van der Waals surface area contributed by atoms with Gasteiger partial charge in [0.15, 0.2) is 0 Å². The van der Waals surface area contributed by atoms with Gasteiger partial charge in [0.1, 0.15) is 0 Å². The van der Waals surface area contributed by atoms with Crippen LogP contribution >= 0.6 is 0 Å². The number of carbonyl (C=O) groups excluding carboxylic acids is 2. The second-order valence-corrected chi connectivity index (χ2v) is 3.28. The van der Waals surface area contributed by atoms with Gasteiger partial charge in [0.25, 0.3) is 12.0 Å². The van der Waals surface area contributed by atoms with Crippen molar-refractivity contribution in [1.29, 1.82) is 0 Å². The Hall–Kier alpha value is -1.08. The molecule has 1 fully saturated rings. The summed E-state index contributed by atoms with van der Waals surface area (Å²) < 4.78 is 77.4. The molecule has 0 amide bonds. The van der Waals surface area contributed by atoms with Crippen LogP contribution in [0.3, 0.4) is 0 Å². The van der Waals surface area contributed by atoms with Crippen LogP contribution < -0.4 is 0 Å². The Balaban J connectivity index is 3.44. The molecule has 0 aromatic heterocycles. The second kappa shape index (κ2) is 3.21. The van der Waals surface area contributed by atoms with Gasteiger partial charge < -0.3 is 0 Å². The summed E-state index contributed by atoms with van der Waals surface area (Å²) in [7, 11) is 0. The van der Waals surface area contributed by atoms with Crippen molar-refractivity contribution in [3.05, 3.63) is 6.17 Å². The van der Waals surface area contributed by atoms with E-state index in [1.165, 1.54) is 0 Å². The van der Waals surface area contributed by atoms with Crippen LogP contribution in [0.4, 0.5) is 26.3 Å². The SMILES string of the molecule is CCC1(F)C(=O)[C](F)C(=O)C(F)(F)C1(F)F. The molecule has 1 rings (SSSR count). The number of Topliss-reactive ketones (excluding diaryl/α,β-unsaturated/α-hetero) is 2. The summed E-state index contributed by atoms with van der Waals surface area (Å²) in [4.78, 5) is 21.2. The minimum atomic E-state index is -5.56. The van der Waals surface area contributed by atoms with E-state index in [4.69, 9.17) is 0 Å². The lowest BCUT2D eigenvalue weighted by atomic mass is 9.76. The van der Waals surface area contributed by atoms with Crippen LogP contribution in [0, 0.1) is 6.17 Å². The molecule has 91 valence electrons. The monoisotopic (exact) mass is 247 g/mol. The van der Waals surface area contributed by atoms with Crippen LogP contribution in [0.2, 0.25) is 0 Å². The minimum Gasteiger partial charge on any atom is -0.291 e. The molecule has 0 heterocycles. The molecule has 2 nitrogen and oxygen atoms in total. The first kappa shape index (κ1) is 13.0. The van der Waals surface area contributed by atoms with E-state index >= 15 is 0 Å². The minimum absolute atomic E-state index is 0.672. The summed E-state index contributed by atoms with van der Waals surface area (Å²) in [5.41, 5.74) is -4.39. The molecular formula is C8H5F6O2. The van der Waals surface area contributed by atoms with Crippen LogP contribution in [0.5, 0.6) is 0 Å². The van der Waals surface area contributed by atoms with E-state index in [1.54, 1.807) is 0 Å². The number of rotatable bonds is 1. The summed E-state index contributed by atoms with van der Waals surface area (Å²) in [5.74, 6) is -16.6. The third-order valence-corrected chi connectivity index (χ3v) is 2.42. The maximum Gasteiger partial charge on any atom is 0.374 e. The predicted octanol–water partition coefficient (Wildman–Crippen LogP) is 2.03. The first-order valence-corrected chi connectivity index (χ1v) is 4.10. The highest BCUT2D eigenvalue weighted by Crippen LogP contribution is 2.53. The fourth-order valence-corrected chi connectivity index (χ4v) is 1.33. The lowest BCUT2D eigenvalue weighted by Crippen LogP contribution is -2.69. The predicted molar refractivity (Wildman–Crippen MR) is 38.4 cm³/mol. The molecule has 1 unspecified atom stereocenters. The van der Waals surface area contributed by atoms with Crippen molar-refractivity contribution >= 4 is 11.6 Å². The number of hydrogen-bond donors (Lipinski definition) is 0. The molecule has 0 aromatic carbocycles. The fraction of sp³-hybridized carbons (Fsp3) is 0.625. The summed E-state index contributed by atoms with van der Waals surface area (Å²) in [6.07, 6.45) is -4.05. The van der Waals surface area contributed by atoms with E-state index in [9.17, 15) is 35.9 Å².